The van der Waals surface area contributed by atoms with Gasteiger partial charge in [0.15, 0.2) is 5.82 Å². The lowest BCUT2D eigenvalue weighted by molar-refractivity contribution is -0.0499. The maximum Gasteiger partial charge on any atom is 0.419 e. The fourth-order valence-corrected chi connectivity index (χ4v) is 6.23. The zero-order valence-corrected chi connectivity index (χ0v) is 30.9. The summed E-state index contributed by atoms with van der Waals surface area (Å²) in [5.74, 6) is -0.0717. The van der Waals surface area contributed by atoms with E-state index in [4.69, 9.17) is 19.2 Å². The monoisotopic (exact) mass is 699 g/mol. The standard InChI is InChI=1S/C34H43F2N5O5SSi/c1-21-17-26(45-31(35)36)27(23-13-14-40(29(21)23)32(42)46-33(2,3)4)28(39-47(43)34(5,6)7)30-38-24-12-11-22(19-37)18-25(24)41(30)20-44-15-16-48(8,9)10/h11-14,17-18,31H,15-16,20H2,1-10H3/b39-28-. The van der Waals surface area contributed by atoms with Crippen LogP contribution in [0.4, 0.5) is 13.6 Å². The Balaban J connectivity index is 2.09. The van der Waals surface area contributed by atoms with E-state index in [0.717, 1.165) is 6.04 Å². The molecule has 0 bridgehead atoms. The number of aromatic nitrogens is 3. The Morgan fingerprint density at radius 2 is 1.81 bits per heavy atom. The normalized spacial score (nSPS) is 13.7. The van der Waals surface area contributed by atoms with Crippen molar-refractivity contribution in [2.75, 3.05) is 6.61 Å². The van der Waals surface area contributed by atoms with Crippen molar-refractivity contribution in [3.63, 3.8) is 0 Å². The number of imidazole rings is 1. The summed E-state index contributed by atoms with van der Waals surface area (Å²) in [6.07, 6.45) is 0.819. The third kappa shape index (κ3) is 8.55. The molecule has 0 N–H and O–H groups in total. The number of aryl methyl sites for hydroxylation is 1. The molecule has 14 heteroatoms. The molecule has 2 aromatic carbocycles. The number of fused-ring (bicyclic) bond motifs is 2. The lowest BCUT2D eigenvalue weighted by Crippen LogP contribution is -2.27. The Morgan fingerprint density at radius 1 is 1.12 bits per heavy atom. The van der Waals surface area contributed by atoms with E-state index in [2.05, 4.69) is 30.1 Å². The van der Waals surface area contributed by atoms with E-state index < -0.39 is 42.1 Å². The van der Waals surface area contributed by atoms with Crippen LogP contribution in [0.15, 0.2) is 40.9 Å². The van der Waals surface area contributed by atoms with Crippen LogP contribution in [-0.2, 0) is 27.2 Å². The molecule has 2 aromatic heterocycles. The molecule has 0 amide bonds. The SMILES string of the molecule is Cc1cc(OC(F)F)c(/C(=N/S(=O)C(C)(C)C)c2nc3ccc(C#N)cc3n2COCC[Si](C)(C)C)c2ccn(C(=O)OC(C)(C)C)c12. The van der Waals surface area contributed by atoms with Gasteiger partial charge in [-0.1, -0.05) is 19.6 Å². The first-order chi connectivity index (χ1) is 22.2. The predicted octanol–water partition coefficient (Wildman–Crippen LogP) is 8.17. The Labute approximate surface area is 283 Å². The third-order valence-electron chi connectivity index (χ3n) is 7.17. The number of nitriles is 1. The van der Waals surface area contributed by atoms with Crippen molar-refractivity contribution in [2.24, 2.45) is 4.40 Å². The molecular weight excluding hydrogens is 657 g/mol. The van der Waals surface area contributed by atoms with Gasteiger partial charge in [0, 0.05) is 26.3 Å². The number of hydrogen-bond donors (Lipinski definition) is 0. The molecule has 0 saturated carbocycles. The maximum absolute atomic E-state index is 14.0. The number of rotatable bonds is 10. The fourth-order valence-electron chi connectivity index (χ4n) is 4.86. The summed E-state index contributed by atoms with van der Waals surface area (Å²) in [7, 11) is -3.35. The molecule has 0 aliphatic carbocycles. The number of hydrogen-bond acceptors (Lipinski definition) is 7. The second-order valence-electron chi connectivity index (χ2n) is 14.7. The minimum atomic E-state index is -3.20. The molecule has 0 aliphatic heterocycles. The molecule has 1 atom stereocenters. The molecule has 0 saturated heterocycles. The van der Waals surface area contributed by atoms with Crippen molar-refractivity contribution >= 4 is 52.8 Å². The predicted molar refractivity (Wildman–Crippen MR) is 187 cm³/mol. The van der Waals surface area contributed by atoms with Crippen LogP contribution < -0.4 is 4.74 Å². The van der Waals surface area contributed by atoms with Gasteiger partial charge in [0.1, 0.15) is 34.8 Å². The first-order valence-electron chi connectivity index (χ1n) is 15.5. The molecule has 0 aliphatic rings. The van der Waals surface area contributed by atoms with Crippen LogP contribution in [0.5, 0.6) is 5.75 Å². The highest BCUT2D eigenvalue weighted by Crippen LogP contribution is 2.37. The van der Waals surface area contributed by atoms with Gasteiger partial charge < -0.3 is 14.2 Å². The minimum absolute atomic E-state index is 0.00523. The Morgan fingerprint density at radius 3 is 2.40 bits per heavy atom. The number of carbonyl (C=O) groups excluding carboxylic acids is 1. The van der Waals surface area contributed by atoms with Gasteiger partial charge in [-0.15, -0.1) is 0 Å². The van der Waals surface area contributed by atoms with Crippen molar-refractivity contribution in [1.82, 2.24) is 14.1 Å². The molecule has 1 unspecified atom stereocenters. The van der Waals surface area contributed by atoms with E-state index in [-0.39, 0.29) is 29.6 Å². The highest BCUT2D eigenvalue weighted by molar-refractivity contribution is 7.85. The van der Waals surface area contributed by atoms with Gasteiger partial charge in [-0.2, -0.15) is 18.4 Å². The van der Waals surface area contributed by atoms with Crippen LogP contribution in [0.2, 0.25) is 25.7 Å². The third-order valence-corrected chi connectivity index (χ3v) is 10.3. The molecule has 258 valence electrons. The van der Waals surface area contributed by atoms with E-state index in [0.29, 0.717) is 39.7 Å². The second kappa shape index (κ2) is 13.9. The van der Waals surface area contributed by atoms with Crippen LogP contribution in [0.3, 0.4) is 0 Å². The molecule has 0 spiro atoms. The van der Waals surface area contributed by atoms with E-state index >= 15 is 0 Å². The summed E-state index contributed by atoms with van der Waals surface area (Å²) in [5, 5.41) is 10.0. The van der Waals surface area contributed by atoms with Crippen LogP contribution in [0.1, 0.15) is 64.1 Å². The summed E-state index contributed by atoms with van der Waals surface area (Å²) >= 11 is 0. The number of halogens is 2. The Bertz CT molecular complexity index is 1940. The molecule has 2 heterocycles. The first-order valence-corrected chi connectivity index (χ1v) is 20.3. The van der Waals surface area contributed by atoms with Crippen LogP contribution in [-0.4, -0.2) is 61.8 Å². The van der Waals surface area contributed by atoms with Gasteiger partial charge in [0.05, 0.1) is 38.5 Å². The molecule has 0 fully saturated rings. The number of benzene rings is 2. The number of ether oxygens (including phenoxy) is 3. The number of nitrogens with zero attached hydrogens (tertiary/aromatic N) is 5. The van der Waals surface area contributed by atoms with Crippen molar-refractivity contribution in [3.05, 3.63) is 59.0 Å². The van der Waals surface area contributed by atoms with Crippen LogP contribution >= 0.6 is 0 Å². The summed E-state index contributed by atoms with van der Waals surface area (Å²) in [6, 6.07) is 11.0. The van der Waals surface area contributed by atoms with Gasteiger partial charge in [0.25, 0.3) is 0 Å². The van der Waals surface area contributed by atoms with Gasteiger partial charge in [-0.3, -0.25) is 9.13 Å². The van der Waals surface area contributed by atoms with Gasteiger partial charge in [-0.25, -0.2) is 14.0 Å². The van der Waals surface area contributed by atoms with E-state index in [1.165, 1.54) is 16.8 Å². The molecule has 4 rings (SSSR count). The largest absolute Gasteiger partial charge is 0.443 e. The summed E-state index contributed by atoms with van der Waals surface area (Å²) in [4.78, 5) is 18.2. The van der Waals surface area contributed by atoms with E-state index in [9.17, 15) is 23.0 Å². The van der Waals surface area contributed by atoms with Gasteiger partial charge in [-0.05, 0) is 90.4 Å². The zero-order valence-electron chi connectivity index (χ0n) is 29.1. The zero-order chi connectivity index (χ0) is 35.8. The minimum Gasteiger partial charge on any atom is -0.443 e. The van der Waals surface area contributed by atoms with Crippen molar-refractivity contribution < 1.29 is 32.0 Å². The van der Waals surface area contributed by atoms with Crippen molar-refractivity contribution in [1.29, 1.82) is 5.26 Å². The lowest BCUT2D eigenvalue weighted by atomic mass is 10.00. The molecule has 10 nitrogen and oxygen atoms in total. The average Bonchev–Trinajstić information content (AvgIpc) is 3.54. The number of carbonyl (C=O) groups is 1. The molecule has 4 aromatic rings. The summed E-state index contributed by atoms with van der Waals surface area (Å²) in [6.45, 7) is 16.1. The first kappa shape index (κ1) is 36.9. The van der Waals surface area contributed by atoms with Gasteiger partial charge >= 0.3 is 12.7 Å². The van der Waals surface area contributed by atoms with E-state index in [1.54, 1.807) is 77.3 Å². The van der Waals surface area contributed by atoms with E-state index in [1.807, 2.05) is 0 Å². The molecule has 48 heavy (non-hydrogen) atoms. The molecular formula is C34H43F2N5O5SSi. The Kier molecular flexibility index (Phi) is 10.7. The fraction of sp³-hybridized carbons (Fsp3) is 0.471. The maximum atomic E-state index is 14.0. The smallest absolute Gasteiger partial charge is 0.419 e. The second-order valence-corrected chi connectivity index (χ2v) is 22.2. The van der Waals surface area contributed by atoms with Gasteiger partial charge in [0.2, 0.25) is 0 Å². The topological polar surface area (TPSA) is 121 Å². The molecule has 0 radical (unpaired) electrons. The average molecular weight is 700 g/mol. The lowest BCUT2D eigenvalue weighted by Gasteiger charge is -2.21. The van der Waals surface area contributed by atoms with Crippen LogP contribution in [0, 0.1) is 18.3 Å². The quantitative estimate of drug-likeness (QED) is 0.0930. The number of alkyl halides is 2. The summed E-state index contributed by atoms with van der Waals surface area (Å²) in [5.41, 5.74) is 1.49. The highest BCUT2D eigenvalue weighted by atomic mass is 32.2. The van der Waals surface area contributed by atoms with Crippen molar-refractivity contribution in [2.45, 2.75) is 97.8 Å². The summed E-state index contributed by atoms with van der Waals surface area (Å²) < 4.78 is 65.5. The van der Waals surface area contributed by atoms with Crippen molar-refractivity contribution in [3.8, 4) is 11.8 Å². The Hall–Kier alpha value is -3.93. The highest BCUT2D eigenvalue weighted by Gasteiger charge is 2.31. The van der Waals surface area contributed by atoms with Crippen LogP contribution in [0.25, 0.3) is 21.9 Å².